The van der Waals surface area contributed by atoms with Gasteiger partial charge in [0.1, 0.15) is 0 Å². The molecule has 2 aromatic rings. The zero-order chi connectivity index (χ0) is 42.3. The molecule has 0 aliphatic carbocycles. The number of aliphatic hydroxyl groups excluding tert-OH is 2. The summed E-state index contributed by atoms with van der Waals surface area (Å²) in [5.74, 6) is -2.34. The Labute approximate surface area is 400 Å². The molecular formula is C50H82BaO8. The van der Waals surface area contributed by atoms with Gasteiger partial charge >= 0.3 is 48.9 Å². The van der Waals surface area contributed by atoms with Crippen molar-refractivity contribution >= 4 is 60.8 Å². The summed E-state index contributed by atoms with van der Waals surface area (Å²) in [6.45, 7) is 5.87. The van der Waals surface area contributed by atoms with E-state index in [1.54, 1.807) is 0 Å². The predicted molar refractivity (Wildman–Crippen MR) is 238 cm³/mol. The third kappa shape index (κ3) is 38.2. The van der Waals surface area contributed by atoms with E-state index in [9.17, 15) is 30.0 Å². The molecule has 2 N–H and O–H groups in total. The number of aliphatic hydroxyl groups is 2. The van der Waals surface area contributed by atoms with Crippen molar-refractivity contribution in [2.24, 2.45) is 0 Å². The number of unbranched alkanes of at least 4 members (excludes halogenated alkanes) is 16. The van der Waals surface area contributed by atoms with Crippen LogP contribution in [-0.2, 0) is 32.3 Å². The van der Waals surface area contributed by atoms with Gasteiger partial charge in [-0.25, -0.2) is 0 Å². The monoisotopic (exact) mass is 949 g/mol. The van der Waals surface area contributed by atoms with Gasteiger partial charge in [0.15, 0.2) is 0 Å². The average Bonchev–Trinajstić information content (AvgIpc) is 3.20. The number of aliphatic carboxylic acids is 2. The van der Waals surface area contributed by atoms with Crippen LogP contribution in [0, 0.1) is 0 Å². The summed E-state index contributed by atoms with van der Waals surface area (Å²) in [5.41, 5.74) is 2.47. The Kier molecular flexibility index (Phi) is 41.2. The molecule has 0 bridgehead atoms. The normalized spacial score (nSPS) is 13.1. The maximum atomic E-state index is 10.4. The maximum absolute atomic E-state index is 10.4. The van der Waals surface area contributed by atoms with Crippen molar-refractivity contribution in [3.8, 4) is 0 Å². The minimum atomic E-state index is -1.17. The molecule has 0 saturated heterocycles. The van der Waals surface area contributed by atoms with Crippen molar-refractivity contribution in [1.82, 2.24) is 0 Å². The van der Waals surface area contributed by atoms with Crippen LogP contribution in [0.3, 0.4) is 0 Å². The van der Waals surface area contributed by atoms with Crippen LogP contribution in [0.4, 0.5) is 0 Å². The first-order valence-corrected chi connectivity index (χ1v) is 23.3. The van der Waals surface area contributed by atoms with Gasteiger partial charge in [0.2, 0.25) is 0 Å². The van der Waals surface area contributed by atoms with Crippen LogP contribution < -0.4 is 10.2 Å². The fourth-order valence-corrected chi connectivity index (χ4v) is 7.30. The van der Waals surface area contributed by atoms with Gasteiger partial charge < -0.3 is 39.5 Å². The van der Waals surface area contributed by atoms with Gasteiger partial charge in [-0.15, -0.1) is 0 Å². The van der Waals surface area contributed by atoms with E-state index in [2.05, 4.69) is 62.4 Å². The summed E-state index contributed by atoms with van der Waals surface area (Å²) in [6.07, 6.45) is 27.9. The molecule has 4 atom stereocenters. The fourth-order valence-electron chi connectivity index (χ4n) is 7.30. The first-order chi connectivity index (χ1) is 28.2. The first-order valence-electron chi connectivity index (χ1n) is 23.3. The van der Waals surface area contributed by atoms with E-state index in [4.69, 9.17) is 9.47 Å². The minimum absolute atomic E-state index is 0. The molecule has 0 aromatic heterocycles. The molecule has 0 aliphatic heterocycles. The van der Waals surface area contributed by atoms with Crippen molar-refractivity contribution in [1.29, 1.82) is 0 Å². The molecule has 9 heteroatoms. The fraction of sp³-hybridized carbons (Fsp3) is 0.720. The van der Waals surface area contributed by atoms with Gasteiger partial charge in [-0.3, -0.25) is 0 Å². The second kappa shape index (κ2) is 42.1. The number of ether oxygens (including phenoxy) is 2. The van der Waals surface area contributed by atoms with Crippen LogP contribution in [-0.4, -0.2) is 95.4 Å². The first kappa shape index (κ1) is 57.8. The molecule has 0 aliphatic rings. The summed E-state index contributed by atoms with van der Waals surface area (Å²) in [4.78, 5) is 20.9. The number of hydrogen-bond donors (Lipinski definition) is 2. The Morgan fingerprint density at radius 1 is 0.458 bits per heavy atom. The summed E-state index contributed by atoms with van der Waals surface area (Å²) >= 11 is 0. The summed E-state index contributed by atoms with van der Waals surface area (Å²) in [6, 6.07) is 20.8. The molecule has 0 fully saturated rings. The summed E-state index contributed by atoms with van der Waals surface area (Å²) in [5, 5.41) is 40.0. The van der Waals surface area contributed by atoms with Crippen LogP contribution in [0.25, 0.3) is 0 Å². The number of benzene rings is 2. The Bertz CT molecular complexity index is 1110. The molecule has 8 nitrogen and oxygen atoms in total. The van der Waals surface area contributed by atoms with Crippen molar-refractivity contribution in [3.05, 3.63) is 71.8 Å². The topological polar surface area (TPSA) is 139 Å². The van der Waals surface area contributed by atoms with Gasteiger partial charge in [0.25, 0.3) is 0 Å². The van der Waals surface area contributed by atoms with Gasteiger partial charge in [-0.05, 0) is 49.7 Å². The standard InChI is InChI=1S/2C25H42O4.Ba/c2*1-2-3-4-6-13-18-24(29-21-22-15-10-9-11-16-22)19-14-8-5-7-12-17-23(26)20-25(27)28;/h2*9-11,15-16,23-24,26H,2-8,12-14,17-21H2,1H3,(H,27,28);/q;;+2/p-2. The van der Waals surface area contributed by atoms with E-state index in [0.717, 1.165) is 89.9 Å². The Morgan fingerprint density at radius 2 is 0.729 bits per heavy atom. The molecule has 59 heavy (non-hydrogen) atoms. The van der Waals surface area contributed by atoms with Gasteiger partial charge in [0, 0.05) is 24.8 Å². The number of rotatable bonds is 38. The third-order valence-electron chi connectivity index (χ3n) is 10.8. The van der Waals surface area contributed by atoms with Crippen LogP contribution in [0.5, 0.6) is 0 Å². The quantitative estimate of drug-likeness (QED) is 0.0501. The van der Waals surface area contributed by atoms with Crippen LogP contribution >= 0.6 is 0 Å². The van der Waals surface area contributed by atoms with Crippen LogP contribution in [0.1, 0.15) is 205 Å². The van der Waals surface area contributed by atoms with Gasteiger partial charge in [-0.1, -0.05) is 203 Å². The van der Waals surface area contributed by atoms with E-state index in [1.165, 1.54) is 75.3 Å². The maximum Gasteiger partial charge on any atom is 2.00 e. The van der Waals surface area contributed by atoms with E-state index >= 15 is 0 Å². The third-order valence-corrected chi connectivity index (χ3v) is 10.8. The Balaban J connectivity index is 0.00000112. The average molecular weight is 949 g/mol. The van der Waals surface area contributed by atoms with Crippen LogP contribution in [0.2, 0.25) is 0 Å². The molecule has 0 saturated carbocycles. The largest absolute Gasteiger partial charge is 2.00 e. The van der Waals surface area contributed by atoms with Crippen LogP contribution in [0.15, 0.2) is 60.7 Å². The molecule has 2 rings (SSSR count). The number of carboxylic acids is 2. The molecule has 0 heterocycles. The molecule has 0 amide bonds. The van der Waals surface area contributed by atoms with E-state index < -0.39 is 24.1 Å². The molecular weight excluding hydrogens is 866 g/mol. The van der Waals surface area contributed by atoms with Crippen molar-refractivity contribution in [2.45, 2.75) is 231 Å². The smallest absolute Gasteiger partial charge is 0.550 e. The van der Waals surface area contributed by atoms with E-state index in [0.29, 0.717) is 38.3 Å². The number of carbonyl (C=O) groups excluding carboxylic acids is 2. The molecule has 332 valence electrons. The molecule has 0 radical (unpaired) electrons. The molecule has 2 aromatic carbocycles. The van der Waals surface area contributed by atoms with E-state index in [1.807, 2.05) is 12.1 Å². The predicted octanol–water partition coefficient (Wildman–Crippen LogP) is 9.95. The zero-order valence-electron chi connectivity index (χ0n) is 37.3. The number of carboxylic acid groups (broad SMARTS) is 2. The van der Waals surface area contributed by atoms with Gasteiger partial charge in [0.05, 0.1) is 37.6 Å². The molecule has 0 spiro atoms. The van der Waals surface area contributed by atoms with Crippen molar-refractivity contribution in [3.63, 3.8) is 0 Å². The second-order valence-corrected chi connectivity index (χ2v) is 16.4. The molecule has 4 unspecified atom stereocenters. The zero-order valence-corrected chi connectivity index (χ0v) is 41.8. The Hall–Kier alpha value is -1.21. The Morgan fingerprint density at radius 3 is 1.02 bits per heavy atom. The van der Waals surface area contributed by atoms with Gasteiger partial charge in [-0.2, -0.15) is 0 Å². The minimum Gasteiger partial charge on any atom is -0.550 e. The second-order valence-electron chi connectivity index (χ2n) is 16.4. The summed E-state index contributed by atoms with van der Waals surface area (Å²) < 4.78 is 12.5. The number of carbonyl (C=O) groups is 2. The van der Waals surface area contributed by atoms with Crippen molar-refractivity contribution in [2.75, 3.05) is 0 Å². The number of hydrogen-bond acceptors (Lipinski definition) is 8. The summed E-state index contributed by atoms with van der Waals surface area (Å²) in [7, 11) is 0. The van der Waals surface area contributed by atoms with Crippen molar-refractivity contribution < 1.29 is 39.5 Å². The SMILES string of the molecule is CCCCCCCC(CCCCCCCC(O)CC(=O)[O-])OCc1ccccc1.CCCCCCCC(CCCCCCCC(O)CC(=O)[O-])OCc1ccccc1.[Ba+2]. The van der Waals surface area contributed by atoms with E-state index in [-0.39, 0.29) is 61.7 Å².